The van der Waals surface area contributed by atoms with Crippen molar-refractivity contribution in [1.82, 2.24) is 5.32 Å². The summed E-state index contributed by atoms with van der Waals surface area (Å²) in [7, 11) is 0. The Balaban J connectivity index is 2.11. The number of carbonyl (C=O) groups excluding carboxylic acids is 1. The summed E-state index contributed by atoms with van der Waals surface area (Å²) in [6.45, 7) is 2.08. The molecule has 0 atom stereocenters. The quantitative estimate of drug-likeness (QED) is 0.814. The molecule has 102 valence electrons. The van der Waals surface area contributed by atoms with Gasteiger partial charge in [-0.2, -0.15) is 0 Å². The second-order valence-electron chi connectivity index (χ2n) is 4.82. The number of amides is 1. The van der Waals surface area contributed by atoms with Gasteiger partial charge in [-0.3, -0.25) is 4.79 Å². The molecule has 1 aliphatic rings. The van der Waals surface area contributed by atoms with Crippen molar-refractivity contribution in [3.63, 3.8) is 0 Å². The third-order valence-electron chi connectivity index (χ3n) is 3.67. The maximum Gasteiger partial charge on any atom is 0.328 e. The number of hydrogen-bond acceptors (Lipinski definition) is 3. The van der Waals surface area contributed by atoms with Gasteiger partial charge in [0, 0.05) is 11.6 Å². The summed E-state index contributed by atoms with van der Waals surface area (Å²) >= 11 is 1.34. The molecule has 0 bridgehead atoms. The first-order valence-electron chi connectivity index (χ1n) is 6.37. The van der Waals surface area contributed by atoms with Crippen LogP contribution in [0, 0.1) is 0 Å². The summed E-state index contributed by atoms with van der Waals surface area (Å²) in [5.74, 6) is -1.11. The molecule has 2 rings (SSSR count). The SMILES string of the molecule is CCC1(NC(=O)c2sccc2/C=C/C(=O)O)CCC1. The molecular formula is C14H17NO3S. The minimum absolute atomic E-state index is 0.0468. The Kier molecular flexibility index (Phi) is 4.04. The maximum atomic E-state index is 12.3. The molecule has 4 nitrogen and oxygen atoms in total. The monoisotopic (exact) mass is 279 g/mol. The average Bonchev–Trinajstić information content (AvgIpc) is 2.79. The Hall–Kier alpha value is -1.62. The summed E-state index contributed by atoms with van der Waals surface area (Å²) in [4.78, 5) is 23.4. The lowest BCUT2D eigenvalue weighted by molar-refractivity contribution is -0.131. The predicted octanol–water partition coefficient (Wildman–Crippen LogP) is 2.91. The highest BCUT2D eigenvalue weighted by molar-refractivity contribution is 7.12. The first kappa shape index (κ1) is 13.8. The van der Waals surface area contributed by atoms with Crippen LogP contribution in [0.5, 0.6) is 0 Å². The molecular weight excluding hydrogens is 262 g/mol. The summed E-state index contributed by atoms with van der Waals surface area (Å²) in [6, 6.07) is 1.76. The highest BCUT2D eigenvalue weighted by atomic mass is 32.1. The number of hydrogen-bond donors (Lipinski definition) is 2. The van der Waals surface area contributed by atoms with Gasteiger partial charge in [-0.05, 0) is 48.8 Å². The molecule has 0 unspecified atom stereocenters. The van der Waals surface area contributed by atoms with Crippen molar-refractivity contribution in [3.05, 3.63) is 28.0 Å². The molecule has 0 aromatic carbocycles. The lowest BCUT2D eigenvalue weighted by atomic mass is 9.75. The third-order valence-corrected chi connectivity index (χ3v) is 4.60. The van der Waals surface area contributed by atoms with E-state index in [-0.39, 0.29) is 11.4 Å². The molecule has 0 saturated heterocycles. The van der Waals surface area contributed by atoms with Gasteiger partial charge in [-0.15, -0.1) is 11.3 Å². The Bertz CT molecular complexity index is 509. The molecule has 1 aromatic heterocycles. The van der Waals surface area contributed by atoms with Crippen LogP contribution in [0.4, 0.5) is 0 Å². The average molecular weight is 279 g/mol. The number of rotatable bonds is 5. The molecule has 1 amide bonds. The van der Waals surface area contributed by atoms with Crippen LogP contribution in [-0.2, 0) is 4.79 Å². The van der Waals surface area contributed by atoms with E-state index in [0.29, 0.717) is 10.4 Å². The fourth-order valence-corrected chi connectivity index (χ4v) is 3.05. The molecule has 1 aromatic rings. The van der Waals surface area contributed by atoms with Crippen molar-refractivity contribution < 1.29 is 14.7 Å². The van der Waals surface area contributed by atoms with Crippen LogP contribution in [0.15, 0.2) is 17.5 Å². The summed E-state index contributed by atoms with van der Waals surface area (Å²) < 4.78 is 0. The van der Waals surface area contributed by atoms with E-state index in [2.05, 4.69) is 12.2 Å². The van der Waals surface area contributed by atoms with Crippen molar-refractivity contribution in [2.75, 3.05) is 0 Å². The zero-order valence-electron chi connectivity index (χ0n) is 10.8. The fraction of sp³-hybridized carbons (Fsp3) is 0.429. The summed E-state index contributed by atoms with van der Waals surface area (Å²) in [5, 5.41) is 13.5. The van der Waals surface area contributed by atoms with Crippen molar-refractivity contribution in [2.45, 2.75) is 38.1 Å². The van der Waals surface area contributed by atoms with Crippen LogP contribution in [0.25, 0.3) is 6.08 Å². The Morgan fingerprint density at radius 3 is 2.79 bits per heavy atom. The van der Waals surface area contributed by atoms with Crippen molar-refractivity contribution >= 4 is 29.3 Å². The number of carbonyl (C=O) groups is 2. The molecule has 1 saturated carbocycles. The zero-order chi connectivity index (χ0) is 13.9. The van der Waals surface area contributed by atoms with E-state index >= 15 is 0 Å². The normalized spacial score (nSPS) is 17.1. The van der Waals surface area contributed by atoms with Gasteiger partial charge in [0.25, 0.3) is 5.91 Å². The van der Waals surface area contributed by atoms with Gasteiger partial charge in [-0.25, -0.2) is 4.79 Å². The maximum absolute atomic E-state index is 12.3. The number of carboxylic acid groups (broad SMARTS) is 1. The fourth-order valence-electron chi connectivity index (χ4n) is 2.26. The summed E-state index contributed by atoms with van der Waals surface area (Å²) in [6.07, 6.45) is 6.67. The predicted molar refractivity (Wildman–Crippen MR) is 75.3 cm³/mol. The van der Waals surface area contributed by atoms with Gasteiger partial charge in [0.05, 0.1) is 4.88 Å². The van der Waals surface area contributed by atoms with Crippen LogP contribution >= 0.6 is 11.3 Å². The van der Waals surface area contributed by atoms with Crippen LogP contribution < -0.4 is 5.32 Å². The molecule has 19 heavy (non-hydrogen) atoms. The van der Waals surface area contributed by atoms with Gasteiger partial charge in [0.2, 0.25) is 0 Å². The largest absolute Gasteiger partial charge is 0.478 e. The number of aliphatic carboxylic acids is 1. The number of nitrogens with one attached hydrogen (secondary N) is 1. The third kappa shape index (κ3) is 3.04. The first-order valence-corrected chi connectivity index (χ1v) is 7.25. The molecule has 1 aliphatic carbocycles. The molecule has 5 heteroatoms. The van der Waals surface area contributed by atoms with Crippen molar-refractivity contribution in [1.29, 1.82) is 0 Å². The van der Waals surface area contributed by atoms with E-state index in [9.17, 15) is 9.59 Å². The lowest BCUT2D eigenvalue weighted by Crippen LogP contribution is -2.52. The van der Waals surface area contributed by atoms with Crippen molar-refractivity contribution in [3.8, 4) is 0 Å². The second kappa shape index (κ2) is 5.57. The molecule has 1 heterocycles. The minimum Gasteiger partial charge on any atom is -0.478 e. The minimum atomic E-state index is -1.01. The second-order valence-corrected chi connectivity index (χ2v) is 5.73. The topological polar surface area (TPSA) is 66.4 Å². The molecule has 2 N–H and O–H groups in total. The molecule has 1 fully saturated rings. The number of thiophene rings is 1. The van der Waals surface area contributed by atoms with E-state index in [1.54, 1.807) is 11.4 Å². The van der Waals surface area contributed by atoms with E-state index in [1.807, 2.05) is 0 Å². The highest BCUT2D eigenvalue weighted by Gasteiger charge is 2.36. The highest BCUT2D eigenvalue weighted by Crippen LogP contribution is 2.35. The molecule has 0 spiro atoms. The van der Waals surface area contributed by atoms with Crippen LogP contribution in [-0.4, -0.2) is 22.5 Å². The smallest absolute Gasteiger partial charge is 0.328 e. The van der Waals surface area contributed by atoms with Gasteiger partial charge < -0.3 is 10.4 Å². The Morgan fingerprint density at radius 1 is 1.53 bits per heavy atom. The van der Waals surface area contributed by atoms with Crippen molar-refractivity contribution in [2.24, 2.45) is 0 Å². The van der Waals surface area contributed by atoms with Crippen LogP contribution in [0.1, 0.15) is 47.8 Å². The number of carboxylic acids is 1. The summed E-state index contributed by atoms with van der Waals surface area (Å²) in [5.41, 5.74) is 0.616. The van der Waals surface area contributed by atoms with Gasteiger partial charge in [-0.1, -0.05) is 6.92 Å². The van der Waals surface area contributed by atoms with Gasteiger partial charge in [0.15, 0.2) is 0 Å². The zero-order valence-corrected chi connectivity index (χ0v) is 11.6. The standard InChI is InChI=1S/C14H17NO3S/c1-2-14(7-3-8-14)15-13(18)12-10(6-9-19-12)4-5-11(16)17/h4-6,9H,2-3,7-8H2,1H3,(H,15,18)(H,16,17)/b5-4+. The first-order chi connectivity index (χ1) is 9.06. The molecule has 0 aliphatic heterocycles. The van der Waals surface area contributed by atoms with Crippen LogP contribution in [0.2, 0.25) is 0 Å². The Morgan fingerprint density at radius 2 is 2.26 bits per heavy atom. The van der Waals surface area contributed by atoms with Crippen LogP contribution in [0.3, 0.4) is 0 Å². The van der Waals surface area contributed by atoms with Gasteiger partial charge in [0.1, 0.15) is 0 Å². The lowest BCUT2D eigenvalue weighted by Gasteiger charge is -2.41. The van der Waals surface area contributed by atoms with Gasteiger partial charge >= 0.3 is 5.97 Å². The Labute approximate surface area is 116 Å². The van der Waals surface area contributed by atoms with E-state index in [1.165, 1.54) is 17.4 Å². The van der Waals surface area contributed by atoms with E-state index in [4.69, 9.17) is 5.11 Å². The molecule has 0 radical (unpaired) electrons. The van der Waals surface area contributed by atoms with E-state index < -0.39 is 5.97 Å². The van der Waals surface area contributed by atoms with E-state index in [0.717, 1.165) is 31.8 Å².